The smallest absolute Gasteiger partial charge is 0.305 e. The highest BCUT2D eigenvalue weighted by Crippen LogP contribution is 2.35. The van der Waals surface area contributed by atoms with Gasteiger partial charge in [-0.2, -0.15) is 0 Å². The van der Waals surface area contributed by atoms with E-state index < -0.39 is 6.10 Å². The van der Waals surface area contributed by atoms with E-state index >= 15 is 0 Å². The Hall–Kier alpha value is -1.79. The Morgan fingerprint density at radius 2 is 2.20 bits per heavy atom. The zero-order valence-electron chi connectivity index (χ0n) is 11.6. The number of aliphatic hydroxyl groups is 1. The molecule has 1 aromatic rings. The van der Waals surface area contributed by atoms with E-state index in [9.17, 15) is 9.90 Å². The molecule has 2 unspecified atom stereocenters. The molecule has 6 nitrogen and oxygen atoms in total. The molecule has 1 heterocycles. The van der Waals surface area contributed by atoms with Gasteiger partial charge in [0.1, 0.15) is 0 Å². The second-order valence-electron chi connectivity index (χ2n) is 4.57. The molecular formula is C14H19NO5. The zero-order valence-corrected chi connectivity index (χ0v) is 11.6. The van der Waals surface area contributed by atoms with E-state index in [1.807, 2.05) is 0 Å². The molecule has 1 aliphatic rings. The van der Waals surface area contributed by atoms with Crippen molar-refractivity contribution in [3.8, 4) is 11.5 Å². The van der Waals surface area contributed by atoms with E-state index in [1.54, 1.807) is 25.2 Å². The monoisotopic (exact) mass is 281 g/mol. The fourth-order valence-corrected chi connectivity index (χ4v) is 2.16. The predicted octanol–water partition coefficient (Wildman–Crippen LogP) is 0.990. The maximum atomic E-state index is 11.2. The average molecular weight is 281 g/mol. The number of likely N-dealkylation sites (N-methyl/N-ethyl adjacent to an activating group) is 1. The van der Waals surface area contributed by atoms with E-state index in [1.165, 1.54) is 7.11 Å². The highest BCUT2D eigenvalue weighted by atomic mass is 16.7. The quantitative estimate of drug-likeness (QED) is 0.757. The van der Waals surface area contributed by atoms with Gasteiger partial charge in [0.2, 0.25) is 6.79 Å². The maximum absolute atomic E-state index is 11.2. The Kier molecular flexibility index (Phi) is 4.81. The largest absolute Gasteiger partial charge is 0.469 e. The van der Waals surface area contributed by atoms with Gasteiger partial charge in [-0.05, 0) is 31.2 Å². The van der Waals surface area contributed by atoms with Crippen LogP contribution < -0.4 is 14.8 Å². The van der Waals surface area contributed by atoms with E-state index in [0.717, 1.165) is 5.56 Å². The lowest BCUT2D eigenvalue weighted by atomic mass is 9.98. The number of carbonyl (C=O) groups is 1. The summed E-state index contributed by atoms with van der Waals surface area (Å²) in [5.74, 6) is 1.02. The summed E-state index contributed by atoms with van der Waals surface area (Å²) >= 11 is 0. The number of methoxy groups -OCH3 is 1. The zero-order chi connectivity index (χ0) is 14.5. The number of fused-ring (bicyclic) bond motifs is 1. The predicted molar refractivity (Wildman–Crippen MR) is 71.6 cm³/mol. The summed E-state index contributed by atoms with van der Waals surface area (Å²) < 4.78 is 15.1. The second-order valence-corrected chi connectivity index (χ2v) is 4.57. The van der Waals surface area contributed by atoms with Crippen molar-refractivity contribution in [2.24, 2.45) is 0 Å². The van der Waals surface area contributed by atoms with Crippen molar-refractivity contribution in [1.29, 1.82) is 0 Å². The van der Waals surface area contributed by atoms with Gasteiger partial charge in [-0.15, -0.1) is 0 Å². The third-order valence-corrected chi connectivity index (χ3v) is 3.38. The first-order valence-electron chi connectivity index (χ1n) is 6.47. The minimum absolute atomic E-state index is 0.201. The first-order valence-corrected chi connectivity index (χ1v) is 6.47. The van der Waals surface area contributed by atoms with Gasteiger partial charge in [0.05, 0.1) is 13.2 Å². The van der Waals surface area contributed by atoms with Crippen molar-refractivity contribution in [3.63, 3.8) is 0 Å². The molecule has 0 aliphatic carbocycles. The first-order chi connectivity index (χ1) is 9.65. The normalized spacial score (nSPS) is 15.8. The number of rotatable bonds is 6. The molecule has 0 fully saturated rings. The van der Waals surface area contributed by atoms with Crippen LogP contribution in [0.5, 0.6) is 11.5 Å². The molecule has 0 saturated carbocycles. The Labute approximate surface area is 117 Å². The fraction of sp³-hybridized carbons (Fsp3) is 0.500. The van der Waals surface area contributed by atoms with Crippen molar-refractivity contribution < 1.29 is 24.1 Å². The lowest BCUT2D eigenvalue weighted by molar-refractivity contribution is -0.140. The number of esters is 1. The van der Waals surface area contributed by atoms with Gasteiger partial charge in [-0.1, -0.05) is 6.07 Å². The molecule has 0 spiro atoms. The molecular weight excluding hydrogens is 262 g/mol. The second kappa shape index (κ2) is 6.58. The molecule has 2 atom stereocenters. The van der Waals surface area contributed by atoms with Gasteiger partial charge >= 0.3 is 5.97 Å². The lowest BCUT2D eigenvalue weighted by Crippen LogP contribution is -2.32. The van der Waals surface area contributed by atoms with Crippen LogP contribution in [0.15, 0.2) is 18.2 Å². The number of hydrogen-bond acceptors (Lipinski definition) is 6. The minimum atomic E-state index is -0.737. The van der Waals surface area contributed by atoms with Crippen LogP contribution in [0.4, 0.5) is 0 Å². The lowest BCUT2D eigenvalue weighted by Gasteiger charge is -2.22. The van der Waals surface area contributed by atoms with Gasteiger partial charge in [0, 0.05) is 12.5 Å². The summed E-state index contributed by atoms with van der Waals surface area (Å²) in [6.45, 7) is 0.201. The SMILES string of the molecule is CNC(CCC(=O)OC)C(O)c1ccc2c(c1)OCO2. The molecule has 0 radical (unpaired) electrons. The number of hydrogen-bond donors (Lipinski definition) is 2. The number of ether oxygens (including phenoxy) is 3. The molecule has 2 rings (SSSR count). The first kappa shape index (κ1) is 14.6. The highest BCUT2D eigenvalue weighted by molar-refractivity contribution is 5.69. The van der Waals surface area contributed by atoms with Crippen LogP contribution in [-0.2, 0) is 9.53 Å². The van der Waals surface area contributed by atoms with E-state index in [-0.39, 0.29) is 25.2 Å². The molecule has 0 saturated heterocycles. The van der Waals surface area contributed by atoms with Crippen molar-refractivity contribution >= 4 is 5.97 Å². The van der Waals surface area contributed by atoms with E-state index in [0.29, 0.717) is 17.9 Å². The fourth-order valence-electron chi connectivity index (χ4n) is 2.16. The van der Waals surface area contributed by atoms with Crippen molar-refractivity contribution in [2.45, 2.75) is 25.0 Å². The summed E-state index contributed by atoms with van der Waals surface area (Å²) in [5.41, 5.74) is 0.721. The van der Waals surface area contributed by atoms with Gasteiger partial charge in [-0.3, -0.25) is 4.79 Å². The van der Waals surface area contributed by atoms with Crippen molar-refractivity contribution in [1.82, 2.24) is 5.32 Å². The van der Waals surface area contributed by atoms with Crippen LogP contribution in [0.25, 0.3) is 0 Å². The Bertz CT molecular complexity index is 477. The summed E-state index contributed by atoms with van der Waals surface area (Å²) in [6, 6.07) is 5.08. The van der Waals surface area contributed by atoms with E-state index in [2.05, 4.69) is 10.1 Å². The van der Waals surface area contributed by atoms with Crippen LogP contribution in [0.2, 0.25) is 0 Å². The summed E-state index contributed by atoms with van der Waals surface area (Å²) in [5, 5.41) is 13.4. The molecule has 0 amide bonds. The summed E-state index contributed by atoms with van der Waals surface area (Å²) in [4.78, 5) is 11.2. The number of benzene rings is 1. The Morgan fingerprint density at radius 3 is 2.90 bits per heavy atom. The standard InChI is InChI=1S/C14H19NO5/c1-15-10(4-6-13(16)18-2)14(17)9-3-5-11-12(7-9)20-8-19-11/h3,5,7,10,14-15,17H,4,6,8H2,1-2H3. The van der Waals surface area contributed by atoms with Crippen molar-refractivity contribution in [2.75, 3.05) is 21.0 Å². The summed E-state index contributed by atoms with van der Waals surface area (Å²) in [7, 11) is 3.10. The van der Waals surface area contributed by atoms with Crippen LogP contribution in [0, 0.1) is 0 Å². The molecule has 20 heavy (non-hydrogen) atoms. The molecule has 1 aliphatic heterocycles. The molecule has 110 valence electrons. The number of nitrogens with one attached hydrogen (secondary N) is 1. The third-order valence-electron chi connectivity index (χ3n) is 3.38. The molecule has 6 heteroatoms. The molecule has 2 N–H and O–H groups in total. The van der Waals surface area contributed by atoms with Crippen LogP contribution >= 0.6 is 0 Å². The third kappa shape index (κ3) is 3.20. The number of aliphatic hydroxyl groups excluding tert-OH is 1. The molecule has 0 bridgehead atoms. The van der Waals surface area contributed by atoms with Crippen molar-refractivity contribution in [3.05, 3.63) is 23.8 Å². The Morgan fingerprint density at radius 1 is 1.45 bits per heavy atom. The molecule has 0 aromatic heterocycles. The maximum Gasteiger partial charge on any atom is 0.305 e. The topological polar surface area (TPSA) is 77.0 Å². The molecule has 1 aromatic carbocycles. The average Bonchev–Trinajstić information content (AvgIpc) is 2.94. The van der Waals surface area contributed by atoms with Gasteiger partial charge in [0.25, 0.3) is 0 Å². The van der Waals surface area contributed by atoms with Gasteiger partial charge < -0.3 is 24.6 Å². The van der Waals surface area contributed by atoms with Crippen LogP contribution in [-0.4, -0.2) is 38.1 Å². The minimum Gasteiger partial charge on any atom is -0.469 e. The van der Waals surface area contributed by atoms with Crippen LogP contribution in [0.3, 0.4) is 0 Å². The summed E-state index contributed by atoms with van der Waals surface area (Å²) in [6.07, 6.45) is 0.00160. The van der Waals surface area contributed by atoms with Gasteiger partial charge in [-0.25, -0.2) is 0 Å². The number of carbonyl (C=O) groups excluding carboxylic acids is 1. The van der Waals surface area contributed by atoms with Crippen LogP contribution in [0.1, 0.15) is 24.5 Å². The Balaban J connectivity index is 2.04. The van der Waals surface area contributed by atoms with E-state index in [4.69, 9.17) is 9.47 Å². The van der Waals surface area contributed by atoms with Gasteiger partial charge in [0.15, 0.2) is 11.5 Å². The highest BCUT2D eigenvalue weighted by Gasteiger charge is 2.23.